The van der Waals surface area contributed by atoms with E-state index in [2.05, 4.69) is 27.8 Å². The van der Waals surface area contributed by atoms with Gasteiger partial charge in [0.25, 0.3) is 0 Å². The normalized spacial score (nSPS) is 8.93. The number of alkyl halides is 1. The van der Waals surface area contributed by atoms with E-state index in [1.54, 1.807) is 25.3 Å². The maximum atomic E-state index is 10.8. The predicted molar refractivity (Wildman–Crippen MR) is 63.7 cm³/mol. The number of methoxy groups -OCH3 is 1. The number of aldehydes is 1. The number of carbonyl (C=O) groups is 1. The van der Waals surface area contributed by atoms with Crippen molar-refractivity contribution in [2.24, 2.45) is 0 Å². The first-order valence-corrected chi connectivity index (χ1v) is 5.62. The molecule has 0 unspecified atom stereocenters. The van der Waals surface area contributed by atoms with Gasteiger partial charge >= 0.3 is 0 Å². The minimum atomic E-state index is 0.566. The molecule has 15 heavy (non-hydrogen) atoms. The number of halogens is 1. The molecule has 0 aromatic heterocycles. The van der Waals surface area contributed by atoms with Gasteiger partial charge in [0.15, 0.2) is 6.29 Å². The average molecular weight is 267 g/mol. The van der Waals surface area contributed by atoms with Crippen molar-refractivity contribution in [3.05, 3.63) is 29.3 Å². The van der Waals surface area contributed by atoms with E-state index in [1.165, 1.54) is 0 Å². The molecule has 0 atom stereocenters. The van der Waals surface area contributed by atoms with E-state index >= 15 is 0 Å². The van der Waals surface area contributed by atoms with Gasteiger partial charge in [0.1, 0.15) is 5.75 Å². The van der Waals surface area contributed by atoms with Crippen molar-refractivity contribution in [3.8, 4) is 17.6 Å². The van der Waals surface area contributed by atoms with E-state index < -0.39 is 0 Å². The van der Waals surface area contributed by atoms with E-state index in [0.29, 0.717) is 11.3 Å². The molecular formula is C12H11BrO2. The molecule has 0 N–H and O–H groups in total. The summed E-state index contributed by atoms with van der Waals surface area (Å²) in [7, 11) is 1.57. The molecule has 2 nitrogen and oxygen atoms in total. The van der Waals surface area contributed by atoms with Gasteiger partial charge in [-0.2, -0.15) is 0 Å². The van der Waals surface area contributed by atoms with Crippen LogP contribution in [0.15, 0.2) is 18.2 Å². The predicted octanol–water partition coefficient (Wildman–Crippen LogP) is 2.64. The van der Waals surface area contributed by atoms with Crippen LogP contribution in [0, 0.1) is 11.8 Å². The topological polar surface area (TPSA) is 26.3 Å². The second-order valence-electron chi connectivity index (χ2n) is 2.81. The summed E-state index contributed by atoms with van der Waals surface area (Å²) in [6.45, 7) is 0. The third kappa shape index (κ3) is 3.41. The van der Waals surface area contributed by atoms with Crippen LogP contribution in [-0.4, -0.2) is 18.7 Å². The number of ether oxygens (including phenoxy) is 1. The molecule has 1 aromatic carbocycles. The number of rotatable bonds is 3. The molecular weight excluding hydrogens is 256 g/mol. The smallest absolute Gasteiger partial charge is 0.151 e. The largest absolute Gasteiger partial charge is 0.497 e. The van der Waals surface area contributed by atoms with Gasteiger partial charge in [0.05, 0.1) is 7.11 Å². The summed E-state index contributed by atoms with van der Waals surface area (Å²) >= 11 is 3.29. The molecule has 0 saturated carbocycles. The summed E-state index contributed by atoms with van der Waals surface area (Å²) in [5, 5.41) is 0.840. The van der Waals surface area contributed by atoms with Crippen LogP contribution in [0.1, 0.15) is 22.3 Å². The monoisotopic (exact) mass is 266 g/mol. The number of hydrogen-bond acceptors (Lipinski definition) is 2. The molecule has 0 amide bonds. The molecule has 1 rings (SSSR count). The van der Waals surface area contributed by atoms with Crippen molar-refractivity contribution >= 4 is 22.2 Å². The highest BCUT2D eigenvalue weighted by Gasteiger charge is 2.00. The second kappa shape index (κ2) is 6.26. The van der Waals surface area contributed by atoms with Crippen molar-refractivity contribution in [3.63, 3.8) is 0 Å². The van der Waals surface area contributed by atoms with Gasteiger partial charge in [-0.25, -0.2) is 0 Å². The van der Waals surface area contributed by atoms with Gasteiger partial charge in [-0.3, -0.25) is 4.79 Å². The van der Waals surface area contributed by atoms with Crippen molar-refractivity contribution in [1.29, 1.82) is 0 Å². The Bertz CT molecular complexity index is 402. The lowest BCUT2D eigenvalue weighted by molar-refractivity contribution is 0.112. The van der Waals surface area contributed by atoms with Crippen molar-refractivity contribution < 1.29 is 9.53 Å². The minimum absolute atomic E-state index is 0.566. The summed E-state index contributed by atoms with van der Waals surface area (Å²) in [5.74, 6) is 6.59. The van der Waals surface area contributed by atoms with Gasteiger partial charge < -0.3 is 4.74 Å². The molecule has 78 valence electrons. The molecule has 0 bridgehead atoms. The quantitative estimate of drug-likeness (QED) is 0.478. The Morgan fingerprint density at radius 1 is 1.53 bits per heavy atom. The molecule has 0 fully saturated rings. The summed E-state index contributed by atoms with van der Waals surface area (Å²) in [4.78, 5) is 10.8. The zero-order valence-corrected chi connectivity index (χ0v) is 10.0. The fourth-order valence-corrected chi connectivity index (χ4v) is 1.28. The van der Waals surface area contributed by atoms with Crippen LogP contribution in [0.3, 0.4) is 0 Å². The summed E-state index contributed by atoms with van der Waals surface area (Å²) in [6.07, 6.45) is 1.56. The average Bonchev–Trinajstić information content (AvgIpc) is 2.29. The van der Waals surface area contributed by atoms with Crippen molar-refractivity contribution in [1.82, 2.24) is 0 Å². The molecule has 0 spiro atoms. The van der Waals surface area contributed by atoms with E-state index in [0.717, 1.165) is 23.6 Å². The van der Waals surface area contributed by atoms with Gasteiger partial charge in [0.2, 0.25) is 0 Å². The molecule has 0 saturated heterocycles. The Morgan fingerprint density at radius 2 is 2.33 bits per heavy atom. The number of benzene rings is 1. The van der Waals surface area contributed by atoms with E-state index in [4.69, 9.17) is 4.74 Å². The third-order valence-corrected chi connectivity index (χ3v) is 2.22. The Balaban J connectivity index is 2.99. The zero-order chi connectivity index (χ0) is 11.1. The standard InChI is InChI=1S/C12H11BrO2/c1-15-12-6-5-10(4-2-3-7-13)11(8-12)9-14/h5-6,8-9H,3,7H2,1H3. The highest BCUT2D eigenvalue weighted by atomic mass is 79.9. The molecule has 0 aliphatic rings. The lowest BCUT2D eigenvalue weighted by atomic mass is 10.1. The van der Waals surface area contributed by atoms with Crippen LogP contribution in [0.2, 0.25) is 0 Å². The molecule has 0 heterocycles. The van der Waals surface area contributed by atoms with Gasteiger partial charge in [0, 0.05) is 22.9 Å². The summed E-state index contributed by atoms with van der Waals surface area (Å²) in [5.41, 5.74) is 1.31. The molecule has 0 radical (unpaired) electrons. The molecule has 3 heteroatoms. The molecule has 0 aliphatic heterocycles. The van der Waals surface area contributed by atoms with Crippen molar-refractivity contribution in [2.45, 2.75) is 6.42 Å². The zero-order valence-electron chi connectivity index (χ0n) is 8.42. The first-order chi connectivity index (χ1) is 7.31. The summed E-state index contributed by atoms with van der Waals surface area (Å²) < 4.78 is 5.02. The molecule has 0 aliphatic carbocycles. The third-order valence-electron chi connectivity index (χ3n) is 1.83. The van der Waals surface area contributed by atoms with Crippen LogP contribution >= 0.6 is 15.9 Å². The van der Waals surface area contributed by atoms with Crippen LogP contribution in [-0.2, 0) is 0 Å². The maximum absolute atomic E-state index is 10.8. The van der Waals surface area contributed by atoms with Crippen molar-refractivity contribution in [2.75, 3.05) is 12.4 Å². The van der Waals surface area contributed by atoms with Gasteiger partial charge in [-0.1, -0.05) is 27.8 Å². The van der Waals surface area contributed by atoms with E-state index in [-0.39, 0.29) is 0 Å². The highest BCUT2D eigenvalue weighted by molar-refractivity contribution is 9.09. The van der Waals surface area contributed by atoms with Crippen LogP contribution in [0.25, 0.3) is 0 Å². The lowest BCUT2D eigenvalue weighted by Crippen LogP contribution is -1.90. The number of hydrogen-bond donors (Lipinski definition) is 0. The van der Waals surface area contributed by atoms with Gasteiger partial charge in [-0.05, 0) is 18.2 Å². The fourth-order valence-electron chi connectivity index (χ4n) is 1.08. The SMILES string of the molecule is COc1ccc(C#CCCBr)c(C=O)c1. The second-order valence-corrected chi connectivity index (χ2v) is 3.60. The summed E-state index contributed by atoms with van der Waals surface area (Å²) in [6, 6.07) is 5.28. The fraction of sp³-hybridized carbons (Fsp3) is 0.250. The Kier molecular flexibility index (Phi) is 4.92. The van der Waals surface area contributed by atoms with Crippen LogP contribution < -0.4 is 4.74 Å². The van der Waals surface area contributed by atoms with Crippen LogP contribution in [0.5, 0.6) is 5.75 Å². The molecule has 1 aromatic rings. The minimum Gasteiger partial charge on any atom is -0.497 e. The van der Waals surface area contributed by atoms with E-state index in [9.17, 15) is 4.79 Å². The Labute approximate surface area is 97.8 Å². The number of carbonyl (C=O) groups excluding carboxylic acids is 1. The Morgan fingerprint density at radius 3 is 2.93 bits per heavy atom. The van der Waals surface area contributed by atoms with E-state index in [1.807, 2.05) is 0 Å². The first kappa shape index (κ1) is 11.8. The van der Waals surface area contributed by atoms with Crippen LogP contribution in [0.4, 0.5) is 0 Å². The van der Waals surface area contributed by atoms with Gasteiger partial charge in [-0.15, -0.1) is 0 Å². The lowest BCUT2D eigenvalue weighted by Gasteiger charge is -2.01. The Hall–Kier alpha value is -1.27. The highest BCUT2D eigenvalue weighted by Crippen LogP contribution is 2.15. The maximum Gasteiger partial charge on any atom is 0.151 e. The first-order valence-electron chi connectivity index (χ1n) is 4.50.